The van der Waals surface area contributed by atoms with Gasteiger partial charge in [-0.25, -0.2) is 4.79 Å². The van der Waals surface area contributed by atoms with Gasteiger partial charge >= 0.3 is 5.69 Å². The summed E-state index contributed by atoms with van der Waals surface area (Å²) >= 11 is 3.40. The summed E-state index contributed by atoms with van der Waals surface area (Å²) in [5, 5.41) is 0. The van der Waals surface area contributed by atoms with Gasteiger partial charge in [0, 0.05) is 11.1 Å². The molecule has 5 heteroatoms. The second-order valence-corrected chi connectivity index (χ2v) is 5.25. The van der Waals surface area contributed by atoms with Crippen molar-refractivity contribution in [1.29, 1.82) is 0 Å². The predicted octanol–water partition coefficient (Wildman–Crippen LogP) is 2.27. The summed E-state index contributed by atoms with van der Waals surface area (Å²) in [7, 11) is 0. The van der Waals surface area contributed by atoms with Crippen molar-refractivity contribution in [2.45, 2.75) is 25.5 Å². The van der Waals surface area contributed by atoms with Crippen molar-refractivity contribution < 1.29 is 4.74 Å². The molecule has 4 nitrogen and oxygen atoms in total. The first-order valence-corrected chi connectivity index (χ1v) is 6.53. The predicted molar refractivity (Wildman–Crippen MR) is 69.2 cm³/mol. The van der Waals surface area contributed by atoms with Crippen molar-refractivity contribution in [3.63, 3.8) is 0 Å². The van der Waals surface area contributed by atoms with E-state index in [1.165, 1.54) is 0 Å². The Morgan fingerprint density at radius 3 is 3.18 bits per heavy atom. The first-order valence-electron chi connectivity index (χ1n) is 5.74. The smallest absolute Gasteiger partial charge is 0.326 e. The van der Waals surface area contributed by atoms with Crippen LogP contribution in [0.25, 0.3) is 11.0 Å². The van der Waals surface area contributed by atoms with E-state index < -0.39 is 0 Å². The molecule has 1 N–H and O–H groups in total. The third-order valence-electron chi connectivity index (χ3n) is 3.15. The molecule has 1 fully saturated rings. The monoisotopic (exact) mass is 296 g/mol. The first-order chi connectivity index (χ1) is 8.24. The Morgan fingerprint density at radius 1 is 1.53 bits per heavy atom. The maximum atomic E-state index is 11.9. The van der Waals surface area contributed by atoms with Crippen LogP contribution in [0, 0.1) is 0 Å². The highest BCUT2D eigenvalue weighted by Gasteiger charge is 2.18. The Balaban J connectivity index is 2.02. The molecule has 0 saturated carbocycles. The molecule has 90 valence electrons. The Bertz CT molecular complexity index is 596. The van der Waals surface area contributed by atoms with Crippen LogP contribution in [0.2, 0.25) is 0 Å². The number of imidazole rings is 1. The highest BCUT2D eigenvalue weighted by atomic mass is 79.9. The Hall–Kier alpha value is -1.07. The Kier molecular flexibility index (Phi) is 2.80. The number of ether oxygens (including phenoxy) is 1. The lowest BCUT2D eigenvalue weighted by Crippen LogP contribution is -2.24. The van der Waals surface area contributed by atoms with Gasteiger partial charge in [-0.05, 0) is 31.0 Å². The number of fused-ring (bicyclic) bond motifs is 1. The van der Waals surface area contributed by atoms with E-state index in [-0.39, 0.29) is 11.8 Å². The number of hydrogen-bond donors (Lipinski definition) is 1. The van der Waals surface area contributed by atoms with Gasteiger partial charge in [0.2, 0.25) is 0 Å². The van der Waals surface area contributed by atoms with Crippen molar-refractivity contribution in [2.75, 3.05) is 6.61 Å². The van der Waals surface area contributed by atoms with E-state index >= 15 is 0 Å². The van der Waals surface area contributed by atoms with Crippen LogP contribution in [0.4, 0.5) is 0 Å². The Morgan fingerprint density at radius 2 is 2.41 bits per heavy atom. The van der Waals surface area contributed by atoms with E-state index in [9.17, 15) is 4.79 Å². The van der Waals surface area contributed by atoms with Crippen LogP contribution >= 0.6 is 15.9 Å². The van der Waals surface area contributed by atoms with Gasteiger partial charge in [-0.3, -0.25) is 4.57 Å². The molecule has 1 unspecified atom stereocenters. The highest BCUT2D eigenvalue weighted by Crippen LogP contribution is 2.19. The largest absolute Gasteiger partial charge is 0.376 e. The number of benzene rings is 1. The molecule has 0 amide bonds. The molecule has 1 aliphatic heterocycles. The molecule has 1 aromatic carbocycles. The fraction of sp³-hybridized carbons (Fsp3) is 0.417. The summed E-state index contributed by atoms with van der Waals surface area (Å²) in [5.41, 5.74) is 1.74. The molecular weight excluding hydrogens is 284 g/mol. The molecule has 1 saturated heterocycles. The number of nitrogens with one attached hydrogen (secondary N) is 1. The highest BCUT2D eigenvalue weighted by molar-refractivity contribution is 9.10. The summed E-state index contributed by atoms with van der Waals surface area (Å²) in [6, 6.07) is 5.82. The van der Waals surface area contributed by atoms with Gasteiger partial charge in [-0.1, -0.05) is 15.9 Å². The van der Waals surface area contributed by atoms with Gasteiger partial charge in [0.05, 0.1) is 23.7 Å². The van der Waals surface area contributed by atoms with Crippen LogP contribution in [0.3, 0.4) is 0 Å². The molecule has 1 aromatic heterocycles. The first kappa shape index (κ1) is 11.0. The summed E-state index contributed by atoms with van der Waals surface area (Å²) in [4.78, 5) is 14.7. The molecule has 1 atom stereocenters. The fourth-order valence-corrected chi connectivity index (χ4v) is 2.67. The molecular formula is C12H13BrN2O2. The third kappa shape index (κ3) is 2.05. The minimum Gasteiger partial charge on any atom is -0.376 e. The lowest BCUT2D eigenvalue weighted by Gasteiger charge is -2.09. The van der Waals surface area contributed by atoms with E-state index in [0.717, 1.165) is 35.0 Å². The van der Waals surface area contributed by atoms with Crippen LogP contribution in [0.15, 0.2) is 27.5 Å². The molecule has 1 aliphatic rings. The van der Waals surface area contributed by atoms with Crippen molar-refractivity contribution in [3.05, 3.63) is 33.2 Å². The number of aromatic amines is 1. The second-order valence-electron chi connectivity index (χ2n) is 4.34. The molecule has 3 rings (SSSR count). The normalized spacial score (nSPS) is 20.2. The average molecular weight is 297 g/mol. The van der Waals surface area contributed by atoms with E-state index in [1.807, 2.05) is 18.2 Å². The topological polar surface area (TPSA) is 47.0 Å². The maximum Gasteiger partial charge on any atom is 0.326 e. The third-order valence-corrected chi connectivity index (χ3v) is 3.64. The SMILES string of the molecule is O=c1[nH]c2cc(Br)ccc2n1CC1CCCO1. The minimum atomic E-state index is -0.0615. The maximum absolute atomic E-state index is 11.9. The van der Waals surface area contributed by atoms with Crippen LogP contribution in [0.5, 0.6) is 0 Å². The van der Waals surface area contributed by atoms with Gasteiger partial charge in [-0.2, -0.15) is 0 Å². The lowest BCUT2D eigenvalue weighted by molar-refractivity contribution is 0.0972. The van der Waals surface area contributed by atoms with Crippen molar-refractivity contribution in [3.8, 4) is 0 Å². The van der Waals surface area contributed by atoms with Crippen LogP contribution in [-0.2, 0) is 11.3 Å². The van der Waals surface area contributed by atoms with Crippen LogP contribution in [0.1, 0.15) is 12.8 Å². The number of nitrogens with zero attached hydrogens (tertiary/aromatic N) is 1. The summed E-state index contributed by atoms with van der Waals surface area (Å²) in [5.74, 6) is 0. The summed E-state index contributed by atoms with van der Waals surface area (Å²) in [6.07, 6.45) is 2.30. The molecule has 17 heavy (non-hydrogen) atoms. The van der Waals surface area contributed by atoms with Gasteiger partial charge in [-0.15, -0.1) is 0 Å². The lowest BCUT2D eigenvalue weighted by atomic mass is 10.2. The number of H-pyrrole nitrogens is 1. The minimum absolute atomic E-state index is 0.0615. The number of rotatable bonds is 2. The number of hydrogen-bond acceptors (Lipinski definition) is 2. The zero-order valence-electron chi connectivity index (χ0n) is 9.28. The molecule has 0 spiro atoms. The van der Waals surface area contributed by atoms with E-state index in [4.69, 9.17) is 4.74 Å². The number of aromatic nitrogens is 2. The second kappa shape index (κ2) is 4.31. The van der Waals surface area contributed by atoms with Gasteiger partial charge in [0.1, 0.15) is 0 Å². The number of halogens is 1. The van der Waals surface area contributed by atoms with Crippen LogP contribution in [-0.4, -0.2) is 22.3 Å². The Labute approximate surface area is 107 Å². The van der Waals surface area contributed by atoms with Gasteiger partial charge in [0.25, 0.3) is 0 Å². The average Bonchev–Trinajstić information content (AvgIpc) is 2.88. The van der Waals surface area contributed by atoms with Crippen LogP contribution < -0.4 is 5.69 Å². The van der Waals surface area contributed by atoms with E-state index in [1.54, 1.807) is 4.57 Å². The standard InChI is InChI=1S/C12H13BrN2O2/c13-8-3-4-11-10(6-8)14-12(16)15(11)7-9-2-1-5-17-9/h3-4,6,9H,1-2,5,7H2,(H,14,16). The van der Waals surface area contributed by atoms with Crippen molar-refractivity contribution in [1.82, 2.24) is 9.55 Å². The molecule has 0 aliphatic carbocycles. The molecule has 0 bridgehead atoms. The van der Waals surface area contributed by atoms with Gasteiger partial charge in [0.15, 0.2) is 0 Å². The molecule has 0 radical (unpaired) electrons. The zero-order valence-corrected chi connectivity index (χ0v) is 10.9. The quantitative estimate of drug-likeness (QED) is 0.924. The van der Waals surface area contributed by atoms with E-state index in [2.05, 4.69) is 20.9 Å². The molecule has 2 heterocycles. The molecule has 2 aromatic rings. The van der Waals surface area contributed by atoms with Gasteiger partial charge < -0.3 is 9.72 Å². The fourth-order valence-electron chi connectivity index (χ4n) is 2.31. The van der Waals surface area contributed by atoms with E-state index in [0.29, 0.717) is 6.54 Å². The van der Waals surface area contributed by atoms with Crippen molar-refractivity contribution in [2.24, 2.45) is 0 Å². The zero-order chi connectivity index (χ0) is 11.8. The van der Waals surface area contributed by atoms with Crippen molar-refractivity contribution >= 4 is 27.0 Å². The summed E-state index contributed by atoms with van der Waals surface area (Å²) in [6.45, 7) is 1.45. The summed E-state index contributed by atoms with van der Waals surface area (Å²) < 4.78 is 8.30.